The van der Waals surface area contributed by atoms with Crippen molar-refractivity contribution in [3.63, 3.8) is 0 Å². The summed E-state index contributed by atoms with van der Waals surface area (Å²) in [7, 11) is 3.15. The minimum absolute atomic E-state index is 0.0613. The van der Waals surface area contributed by atoms with Crippen molar-refractivity contribution in [2.75, 3.05) is 27.3 Å². The van der Waals surface area contributed by atoms with Crippen LogP contribution in [-0.2, 0) is 11.3 Å². The minimum Gasteiger partial charge on any atom is -0.493 e. The van der Waals surface area contributed by atoms with Crippen molar-refractivity contribution in [1.29, 1.82) is 0 Å². The quantitative estimate of drug-likeness (QED) is 0.789. The average Bonchev–Trinajstić information content (AvgIpc) is 2.67. The molecule has 0 saturated carbocycles. The molecule has 1 N–H and O–H groups in total. The summed E-state index contributed by atoms with van der Waals surface area (Å²) in [5.74, 6) is 1.04. The van der Waals surface area contributed by atoms with E-state index >= 15 is 0 Å². The second-order valence-electron chi connectivity index (χ2n) is 5.75. The lowest BCUT2D eigenvalue weighted by atomic mass is 10.2. The number of amides is 2. The fraction of sp³-hybridized carbons (Fsp3) is 0.300. The normalized spacial score (nSPS) is 10.1. The van der Waals surface area contributed by atoms with Gasteiger partial charge in [-0.15, -0.1) is 0 Å². The number of rotatable bonds is 8. The monoisotopic (exact) mass is 356 g/mol. The van der Waals surface area contributed by atoms with Crippen molar-refractivity contribution in [2.24, 2.45) is 0 Å². The van der Waals surface area contributed by atoms with E-state index in [1.54, 1.807) is 31.3 Å². The summed E-state index contributed by atoms with van der Waals surface area (Å²) in [5, 5.41) is 2.83. The first-order valence-electron chi connectivity index (χ1n) is 8.34. The number of carbonyl (C=O) groups excluding carboxylic acids is 2. The maximum absolute atomic E-state index is 12.1. The van der Waals surface area contributed by atoms with Crippen LogP contribution in [0.4, 0.5) is 0 Å². The van der Waals surface area contributed by atoms with E-state index in [2.05, 4.69) is 5.32 Å². The van der Waals surface area contributed by atoms with Gasteiger partial charge < -0.3 is 19.7 Å². The highest BCUT2D eigenvalue weighted by Crippen LogP contribution is 2.28. The third kappa shape index (κ3) is 5.24. The average molecular weight is 356 g/mol. The van der Waals surface area contributed by atoms with Crippen molar-refractivity contribution in [3.8, 4) is 11.5 Å². The number of carbonyl (C=O) groups is 2. The van der Waals surface area contributed by atoms with Gasteiger partial charge in [-0.05, 0) is 29.8 Å². The first kappa shape index (κ1) is 19.3. The Morgan fingerprint density at radius 3 is 2.31 bits per heavy atom. The number of nitrogens with zero attached hydrogens (tertiary/aromatic N) is 1. The van der Waals surface area contributed by atoms with E-state index in [4.69, 9.17) is 9.47 Å². The van der Waals surface area contributed by atoms with Gasteiger partial charge in [0.25, 0.3) is 5.91 Å². The Labute approximate surface area is 153 Å². The second-order valence-corrected chi connectivity index (χ2v) is 5.75. The Hall–Kier alpha value is -3.02. The lowest BCUT2D eigenvalue weighted by molar-refractivity contribution is -0.129. The van der Waals surface area contributed by atoms with E-state index in [9.17, 15) is 9.59 Å². The number of nitrogens with one attached hydrogen (secondary N) is 1. The van der Waals surface area contributed by atoms with E-state index in [0.29, 0.717) is 36.7 Å². The first-order valence-corrected chi connectivity index (χ1v) is 8.34. The predicted octanol–water partition coefficient (Wildman–Crippen LogP) is 2.48. The molecule has 2 aromatic carbocycles. The van der Waals surface area contributed by atoms with E-state index in [1.807, 2.05) is 36.4 Å². The summed E-state index contributed by atoms with van der Waals surface area (Å²) in [6, 6.07) is 14.5. The zero-order chi connectivity index (χ0) is 18.9. The lowest BCUT2D eigenvalue weighted by Crippen LogP contribution is -2.37. The van der Waals surface area contributed by atoms with Gasteiger partial charge in [0.15, 0.2) is 11.5 Å². The molecule has 6 nitrogen and oxygen atoms in total. The summed E-state index contributed by atoms with van der Waals surface area (Å²) < 4.78 is 10.5. The zero-order valence-electron chi connectivity index (χ0n) is 15.3. The molecule has 0 spiro atoms. The molecule has 0 heterocycles. The zero-order valence-corrected chi connectivity index (χ0v) is 15.3. The Morgan fingerprint density at radius 1 is 1.00 bits per heavy atom. The first-order chi connectivity index (χ1) is 12.5. The molecule has 0 fully saturated rings. The van der Waals surface area contributed by atoms with Crippen LogP contribution < -0.4 is 14.8 Å². The predicted molar refractivity (Wildman–Crippen MR) is 99.4 cm³/mol. The van der Waals surface area contributed by atoms with Crippen molar-refractivity contribution in [2.45, 2.75) is 13.5 Å². The molecule has 0 aliphatic carbocycles. The molecule has 0 atom stereocenters. The van der Waals surface area contributed by atoms with E-state index in [0.717, 1.165) is 5.56 Å². The molecule has 0 unspecified atom stereocenters. The molecular weight excluding hydrogens is 332 g/mol. The largest absolute Gasteiger partial charge is 0.493 e. The highest BCUT2D eigenvalue weighted by molar-refractivity contribution is 5.94. The van der Waals surface area contributed by atoms with Gasteiger partial charge in [0.05, 0.1) is 14.2 Å². The topological polar surface area (TPSA) is 67.9 Å². The number of methoxy groups -OCH3 is 2. The Balaban J connectivity index is 1.95. The number of hydrogen-bond donors (Lipinski definition) is 1. The molecule has 0 aliphatic heterocycles. The summed E-state index contributed by atoms with van der Waals surface area (Å²) in [6.07, 6.45) is 0. The van der Waals surface area contributed by atoms with Gasteiger partial charge >= 0.3 is 0 Å². The molecule has 0 aromatic heterocycles. The van der Waals surface area contributed by atoms with Crippen molar-refractivity contribution in [1.82, 2.24) is 10.2 Å². The van der Waals surface area contributed by atoms with Gasteiger partial charge in [-0.3, -0.25) is 9.59 Å². The summed E-state index contributed by atoms with van der Waals surface area (Å²) >= 11 is 0. The summed E-state index contributed by atoms with van der Waals surface area (Å²) in [6.45, 7) is 2.74. The number of hydrogen-bond acceptors (Lipinski definition) is 4. The number of benzene rings is 2. The second kappa shape index (κ2) is 9.46. The Morgan fingerprint density at radius 2 is 1.69 bits per heavy atom. The van der Waals surface area contributed by atoms with E-state index in [1.165, 1.54) is 6.92 Å². The van der Waals surface area contributed by atoms with Crippen LogP contribution in [0.15, 0.2) is 48.5 Å². The molecule has 6 heteroatoms. The molecule has 2 rings (SSSR count). The van der Waals surface area contributed by atoms with Gasteiger partial charge in [0.1, 0.15) is 0 Å². The van der Waals surface area contributed by atoms with Crippen LogP contribution in [0.5, 0.6) is 11.5 Å². The molecule has 0 aliphatic rings. The van der Waals surface area contributed by atoms with Gasteiger partial charge in [-0.2, -0.15) is 0 Å². The lowest BCUT2D eigenvalue weighted by Gasteiger charge is -2.22. The van der Waals surface area contributed by atoms with Crippen LogP contribution in [0, 0.1) is 0 Å². The van der Waals surface area contributed by atoms with Crippen molar-refractivity contribution < 1.29 is 19.1 Å². The fourth-order valence-corrected chi connectivity index (χ4v) is 2.54. The van der Waals surface area contributed by atoms with Gasteiger partial charge in [-0.25, -0.2) is 0 Å². The van der Waals surface area contributed by atoms with E-state index in [-0.39, 0.29) is 11.8 Å². The highest BCUT2D eigenvalue weighted by atomic mass is 16.5. The molecule has 0 bridgehead atoms. The number of ether oxygens (including phenoxy) is 2. The maximum Gasteiger partial charge on any atom is 0.251 e. The molecule has 26 heavy (non-hydrogen) atoms. The van der Waals surface area contributed by atoms with Crippen LogP contribution in [-0.4, -0.2) is 44.0 Å². The minimum atomic E-state index is -0.153. The molecular formula is C20H24N2O4. The van der Waals surface area contributed by atoms with Gasteiger partial charge in [0.2, 0.25) is 5.91 Å². The standard InChI is InChI=1S/C20H24N2O4/c1-15(23)22(12-11-21-20(24)17-7-5-4-6-8-17)14-16-9-10-18(25-2)19(13-16)26-3/h4-10,13H,11-12,14H2,1-3H3,(H,21,24). The van der Waals surface area contributed by atoms with E-state index < -0.39 is 0 Å². The van der Waals surface area contributed by atoms with Crippen LogP contribution >= 0.6 is 0 Å². The van der Waals surface area contributed by atoms with Crippen LogP contribution in [0.2, 0.25) is 0 Å². The summed E-state index contributed by atoms with van der Waals surface area (Å²) in [5.41, 5.74) is 1.52. The Bertz CT molecular complexity index is 747. The SMILES string of the molecule is COc1ccc(CN(CCNC(=O)c2ccccc2)C(C)=O)cc1OC. The molecule has 2 aromatic rings. The maximum atomic E-state index is 12.1. The fourth-order valence-electron chi connectivity index (χ4n) is 2.54. The highest BCUT2D eigenvalue weighted by Gasteiger charge is 2.12. The molecule has 138 valence electrons. The van der Waals surface area contributed by atoms with Gasteiger partial charge in [-0.1, -0.05) is 24.3 Å². The van der Waals surface area contributed by atoms with Gasteiger partial charge in [0, 0.05) is 32.1 Å². The van der Waals surface area contributed by atoms with Crippen LogP contribution in [0.1, 0.15) is 22.8 Å². The van der Waals surface area contributed by atoms with Crippen LogP contribution in [0.25, 0.3) is 0 Å². The molecule has 2 amide bonds. The smallest absolute Gasteiger partial charge is 0.251 e. The Kier molecular flexibility index (Phi) is 7.02. The van der Waals surface area contributed by atoms with Crippen molar-refractivity contribution in [3.05, 3.63) is 59.7 Å². The third-order valence-corrected chi connectivity index (χ3v) is 3.97. The van der Waals surface area contributed by atoms with Crippen molar-refractivity contribution >= 4 is 11.8 Å². The molecule has 0 radical (unpaired) electrons. The van der Waals surface area contributed by atoms with Crippen LogP contribution in [0.3, 0.4) is 0 Å². The molecule has 0 saturated heterocycles. The third-order valence-electron chi connectivity index (χ3n) is 3.97. The summed E-state index contributed by atoms with van der Waals surface area (Å²) in [4.78, 5) is 25.7.